The zero-order valence-corrected chi connectivity index (χ0v) is 9.16. The Hall–Kier alpha value is -0.650. The molecule has 0 aromatic heterocycles. The average Bonchev–Trinajstić information content (AvgIpc) is 2.14. The van der Waals surface area contributed by atoms with Gasteiger partial charge in [-0.25, -0.2) is 0 Å². The molecule has 0 saturated heterocycles. The third-order valence-electron chi connectivity index (χ3n) is 2.82. The lowest BCUT2D eigenvalue weighted by molar-refractivity contribution is -0.129. The van der Waals surface area contributed by atoms with Gasteiger partial charge in [0.25, 0.3) is 0 Å². The Morgan fingerprint density at radius 2 is 2.33 bits per heavy atom. The summed E-state index contributed by atoms with van der Waals surface area (Å²) in [4.78, 5) is 11.5. The predicted molar refractivity (Wildman–Crippen MR) is 56.3 cm³/mol. The van der Waals surface area contributed by atoms with Crippen molar-refractivity contribution in [3.63, 3.8) is 0 Å². The highest BCUT2D eigenvalue weighted by atomic mass is 16.5. The van der Waals surface area contributed by atoms with Gasteiger partial charge in [-0.15, -0.1) is 0 Å². The van der Waals surface area contributed by atoms with E-state index < -0.39 is 11.6 Å². The maximum atomic E-state index is 11.5. The van der Waals surface area contributed by atoms with Crippen molar-refractivity contribution in [1.82, 2.24) is 5.32 Å². The molecule has 1 atom stereocenters. The minimum Gasteiger partial charge on any atom is -0.391 e. The van der Waals surface area contributed by atoms with Gasteiger partial charge in [0.05, 0.1) is 18.2 Å². The van der Waals surface area contributed by atoms with E-state index in [1.807, 2.05) is 0 Å². The summed E-state index contributed by atoms with van der Waals surface area (Å²) in [7, 11) is 1.53. The quantitative estimate of drug-likeness (QED) is 0.552. The van der Waals surface area contributed by atoms with Crippen LogP contribution in [0.25, 0.3) is 0 Å². The topological polar surface area (TPSA) is 84.6 Å². The molecule has 0 spiro atoms. The lowest BCUT2D eigenvalue weighted by atomic mass is 9.77. The number of hydrogen-bond acceptors (Lipinski definition) is 4. The number of carbonyl (C=O) groups is 1. The number of nitrogens with one attached hydrogen (secondary N) is 1. The minimum atomic E-state index is -0.647. The molecule has 1 saturated carbocycles. The van der Waals surface area contributed by atoms with E-state index in [0.717, 1.165) is 19.3 Å². The average molecular weight is 216 g/mol. The van der Waals surface area contributed by atoms with Crippen molar-refractivity contribution in [3.8, 4) is 0 Å². The Morgan fingerprint density at radius 1 is 1.67 bits per heavy atom. The van der Waals surface area contributed by atoms with Gasteiger partial charge in [-0.05, 0) is 25.7 Å². The Balaban J connectivity index is 2.12. The monoisotopic (exact) mass is 216 g/mol. The minimum absolute atomic E-state index is 0.0987. The van der Waals surface area contributed by atoms with Gasteiger partial charge in [0.2, 0.25) is 5.91 Å². The highest BCUT2D eigenvalue weighted by Crippen LogP contribution is 2.28. The molecule has 0 heterocycles. The number of aliphatic hydroxyl groups is 1. The summed E-state index contributed by atoms with van der Waals surface area (Å²) in [5.41, 5.74) is 5.18. The Morgan fingerprint density at radius 3 is 2.80 bits per heavy atom. The molecule has 0 aromatic carbocycles. The van der Waals surface area contributed by atoms with Gasteiger partial charge in [0.1, 0.15) is 0 Å². The Labute approximate surface area is 90.0 Å². The van der Waals surface area contributed by atoms with Crippen LogP contribution in [0.5, 0.6) is 0 Å². The molecule has 1 aliphatic carbocycles. The van der Waals surface area contributed by atoms with E-state index in [9.17, 15) is 9.90 Å². The summed E-state index contributed by atoms with van der Waals surface area (Å²) in [6, 6.07) is 0. The van der Waals surface area contributed by atoms with Crippen LogP contribution in [0, 0.1) is 0 Å². The maximum Gasteiger partial charge on any atom is 0.240 e. The maximum absolute atomic E-state index is 11.5. The molecule has 1 amide bonds. The van der Waals surface area contributed by atoms with Crippen molar-refractivity contribution in [2.75, 3.05) is 20.3 Å². The fourth-order valence-electron chi connectivity index (χ4n) is 1.59. The normalized spacial score (nSPS) is 20.5. The van der Waals surface area contributed by atoms with Crippen LogP contribution in [0.3, 0.4) is 0 Å². The van der Waals surface area contributed by atoms with E-state index in [4.69, 9.17) is 10.5 Å². The molecule has 1 fully saturated rings. The van der Waals surface area contributed by atoms with Gasteiger partial charge in [-0.2, -0.15) is 0 Å². The predicted octanol–water partition coefficient (Wildman–Crippen LogP) is -0.619. The molecule has 15 heavy (non-hydrogen) atoms. The van der Waals surface area contributed by atoms with Gasteiger partial charge < -0.3 is 20.9 Å². The zero-order valence-electron chi connectivity index (χ0n) is 9.16. The highest BCUT2D eigenvalue weighted by Gasteiger charge is 2.39. The zero-order chi connectivity index (χ0) is 11.3. The van der Waals surface area contributed by atoms with Gasteiger partial charge in [0.15, 0.2) is 0 Å². The SMILES string of the molecule is COCC(O)CCNC(=O)C1(N)CCC1. The van der Waals surface area contributed by atoms with Crippen molar-refractivity contribution in [2.24, 2.45) is 5.73 Å². The number of carbonyl (C=O) groups excluding carboxylic acids is 1. The number of ether oxygens (including phenoxy) is 1. The van der Waals surface area contributed by atoms with Crippen LogP contribution in [0.1, 0.15) is 25.7 Å². The lowest BCUT2D eigenvalue weighted by Gasteiger charge is -2.36. The summed E-state index contributed by atoms with van der Waals surface area (Å²) in [5, 5.41) is 12.1. The lowest BCUT2D eigenvalue weighted by Crippen LogP contribution is -2.58. The summed E-state index contributed by atoms with van der Waals surface area (Å²) in [6.45, 7) is 0.742. The van der Waals surface area contributed by atoms with Crippen molar-refractivity contribution in [2.45, 2.75) is 37.3 Å². The number of hydrogen-bond donors (Lipinski definition) is 3. The van der Waals surface area contributed by atoms with Crippen molar-refractivity contribution in [3.05, 3.63) is 0 Å². The summed E-state index contributed by atoms with van der Waals surface area (Å²) in [6.07, 6.45) is 2.52. The highest BCUT2D eigenvalue weighted by molar-refractivity contribution is 5.86. The third kappa shape index (κ3) is 3.44. The molecule has 1 unspecified atom stereocenters. The van der Waals surface area contributed by atoms with Gasteiger partial charge >= 0.3 is 0 Å². The van der Waals surface area contributed by atoms with E-state index >= 15 is 0 Å². The second kappa shape index (κ2) is 5.44. The van der Waals surface area contributed by atoms with Crippen molar-refractivity contribution >= 4 is 5.91 Å². The van der Waals surface area contributed by atoms with Crippen LogP contribution in [-0.2, 0) is 9.53 Å². The molecule has 0 radical (unpaired) electrons. The number of amides is 1. The molecule has 0 aromatic rings. The third-order valence-corrected chi connectivity index (χ3v) is 2.82. The molecule has 1 aliphatic rings. The first-order valence-corrected chi connectivity index (χ1v) is 5.33. The first-order valence-electron chi connectivity index (χ1n) is 5.33. The molecule has 4 N–H and O–H groups in total. The Bertz CT molecular complexity index is 217. The second-order valence-corrected chi connectivity index (χ2v) is 4.16. The smallest absolute Gasteiger partial charge is 0.240 e. The van der Waals surface area contributed by atoms with Crippen LogP contribution in [0.4, 0.5) is 0 Å². The van der Waals surface area contributed by atoms with E-state index in [0.29, 0.717) is 19.6 Å². The molecular formula is C10H20N2O3. The standard InChI is InChI=1S/C10H20N2O3/c1-15-7-8(13)3-6-12-9(14)10(11)4-2-5-10/h8,13H,2-7,11H2,1H3,(H,12,14). The molecular weight excluding hydrogens is 196 g/mol. The van der Waals surface area contributed by atoms with Crippen LogP contribution in [-0.4, -0.2) is 42.9 Å². The van der Waals surface area contributed by atoms with E-state index in [1.165, 1.54) is 7.11 Å². The van der Waals surface area contributed by atoms with Crippen molar-refractivity contribution < 1.29 is 14.6 Å². The molecule has 1 rings (SSSR count). The summed E-state index contributed by atoms with van der Waals surface area (Å²) < 4.78 is 4.77. The fraction of sp³-hybridized carbons (Fsp3) is 0.900. The molecule has 88 valence electrons. The number of methoxy groups -OCH3 is 1. The Kier molecular flexibility index (Phi) is 4.50. The first kappa shape index (κ1) is 12.4. The van der Waals surface area contributed by atoms with E-state index in [-0.39, 0.29) is 5.91 Å². The van der Waals surface area contributed by atoms with Gasteiger partial charge in [0, 0.05) is 13.7 Å². The molecule has 5 nitrogen and oxygen atoms in total. The van der Waals surface area contributed by atoms with Crippen LogP contribution >= 0.6 is 0 Å². The number of nitrogens with two attached hydrogens (primary N) is 1. The largest absolute Gasteiger partial charge is 0.391 e. The molecule has 5 heteroatoms. The van der Waals surface area contributed by atoms with Crippen LogP contribution in [0.15, 0.2) is 0 Å². The van der Waals surface area contributed by atoms with Crippen LogP contribution in [0.2, 0.25) is 0 Å². The molecule has 0 aliphatic heterocycles. The van der Waals surface area contributed by atoms with Crippen molar-refractivity contribution in [1.29, 1.82) is 0 Å². The first-order chi connectivity index (χ1) is 7.08. The van der Waals surface area contributed by atoms with E-state index in [1.54, 1.807) is 0 Å². The number of aliphatic hydroxyl groups excluding tert-OH is 1. The fourth-order valence-corrected chi connectivity index (χ4v) is 1.59. The summed E-state index contributed by atoms with van der Waals surface area (Å²) >= 11 is 0. The van der Waals surface area contributed by atoms with Crippen LogP contribution < -0.4 is 11.1 Å². The second-order valence-electron chi connectivity index (χ2n) is 4.16. The number of rotatable bonds is 6. The van der Waals surface area contributed by atoms with E-state index in [2.05, 4.69) is 5.32 Å². The van der Waals surface area contributed by atoms with Gasteiger partial charge in [-0.3, -0.25) is 4.79 Å². The van der Waals surface area contributed by atoms with Gasteiger partial charge in [-0.1, -0.05) is 0 Å². The summed E-state index contributed by atoms with van der Waals surface area (Å²) in [5.74, 6) is -0.0987. The molecule has 0 bridgehead atoms.